The molecule has 0 bridgehead atoms. The maximum atomic E-state index is 10.7. The fourth-order valence-corrected chi connectivity index (χ4v) is 3.02. The summed E-state index contributed by atoms with van der Waals surface area (Å²) in [5.74, 6) is 0.629. The maximum Gasteiger partial charge on any atom is 0.258 e. The van der Waals surface area contributed by atoms with Crippen molar-refractivity contribution in [1.82, 2.24) is 0 Å². The molecule has 1 aliphatic rings. The molecule has 1 heterocycles. The van der Waals surface area contributed by atoms with Gasteiger partial charge in [-0.15, -0.1) is 6.42 Å². The quantitative estimate of drug-likeness (QED) is 0.777. The molecule has 0 radical (unpaired) electrons. The van der Waals surface area contributed by atoms with Gasteiger partial charge < -0.3 is 19.3 Å². The molecule has 3 atom stereocenters. The topological polar surface area (TPSA) is 47.9 Å². The molecule has 4 nitrogen and oxygen atoms in total. The number of aliphatic hydroxyl groups is 1. The van der Waals surface area contributed by atoms with Gasteiger partial charge in [-0.1, -0.05) is 60.7 Å². The summed E-state index contributed by atoms with van der Waals surface area (Å²) in [6.07, 6.45) is 6.06. The van der Waals surface area contributed by atoms with Gasteiger partial charge in [-0.25, -0.2) is 0 Å². The van der Waals surface area contributed by atoms with E-state index in [9.17, 15) is 5.11 Å². The summed E-state index contributed by atoms with van der Waals surface area (Å²) in [7, 11) is 0. The van der Waals surface area contributed by atoms with Crippen molar-refractivity contribution < 1.29 is 19.3 Å². The van der Waals surface area contributed by atoms with Gasteiger partial charge in [0.2, 0.25) is 0 Å². The van der Waals surface area contributed by atoms with E-state index >= 15 is 0 Å². The smallest absolute Gasteiger partial charge is 0.258 e. The minimum atomic E-state index is -1.73. The van der Waals surface area contributed by atoms with Gasteiger partial charge in [0.1, 0.15) is 6.10 Å². The first-order valence-electron chi connectivity index (χ1n) is 8.85. The Kier molecular flexibility index (Phi) is 6.43. The Morgan fingerprint density at radius 1 is 1.00 bits per heavy atom. The molecule has 3 rings (SSSR count). The van der Waals surface area contributed by atoms with E-state index in [0.29, 0.717) is 26.2 Å². The van der Waals surface area contributed by atoms with Crippen molar-refractivity contribution in [2.75, 3.05) is 6.61 Å². The molecule has 0 aliphatic carbocycles. The summed E-state index contributed by atoms with van der Waals surface area (Å²) in [5, 5.41) is 10.7. The highest BCUT2D eigenvalue weighted by Gasteiger charge is 2.43. The number of benzene rings is 2. The lowest BCUT2D eigenvalue weighted by atomic mass is 9.98. The summed E-state index contributed by atoms with van der Waals surface area (Å²) in [6.45, 7) is 1.27. The van der Waals surface area contributed by atoms with Gasteiger partial charge in [0.25, 0.3) is 5.79 Å². The second-order valence-electron chi connectivity index (χ2n) is 6.44. The van der Waals surface area contributed by atoms with Crippen LogP contribution in [0.3, 0.4) is 0 Å². The first-order valence-corrected chi connectivity index (χ1v) is 8.85. The highest BCUT2D eigenvalue weighted by molar-refractivity contribution is 5.15. The average molecular weight is 352 g/mol. The van der Waals surface area contributed by atoms with E-state index in [1.165, 1.54) is 0 Å². The number of ether oxygens (including phenoxy) is 3. The molecule has 136 valence electrons. The van der Waals surface area contributed by atoms with E-state index in [4.69, 9.17) is 20.6 Å². The molecule has 1 N–H and O–H groups in total. The van der Waals surface area contributed by atoms with Crippen molar-refractivity contribution in [3.63, 3.8) is 0 Å². The minimum absolute atomic E-state index is 0.253. The van der Waals surface area contributed by atoms with E-state index in [2.05, 4.69) is 5.92 Å². The molecule has 1 aliphatic heterocycles. The molecular formula is C22H24O4. The third-order valence-corrected chi connectivity index (χ3v) is 4.45. The van der Waals surface area contributed by atoms with Crippen LogP contribution in [0, 0.1) is 12.3 Å². The predicted molar refractivity (Wildman–Crippen MR) is 99.0 cm³/mol. The summed E-state index contributed by atoms with van der Waals surface area (Å²) in [4.78, 5) is 0. The van der Waals surface area contributed by atoms with Crippen molar-refractivity contribution in [3.8, 4) is 12.3 Å². The van der Waals surface area contributed by atoms with E-state index in [-0.39, 0.29) is 6.10 Å². The normalized spacial score (nSPS) is 25.5. The second-order valence-corrected chi connectivity index (χ2v) is 6.44. The Morgan fingerprint density at radius 2 is 1.62 bits per heavy atom. The third kappa shape index (κ3) is 4.94. The third-order valence-electron chi connectivity index (χ3n) is 4.45. The van der Waals surface area contributed by atoms with Crippen molar-refractivity contribution in [3.05, 3.63) is 71.8 Å². The van der Waals surface area contributed by atoms with E-state index in [0.717, 1.165) is 17.5 Å². The SMILES string of the molecule is C#CC1(O)OC(COCc2ccccc2)CCC1OCc1ccccc1. The second kappa shape index (κ2) is 8.98. The molecule has 0 aromatic heterocycles. The first-order chi connectivity index (χ1) is 12.7. The standard InChI is InChI=1S/C22H24O4/c1-2-22(23)21(25-16-19-11-7-4-8-12-19)14-13-20(26-22)17-24-15-18-9-5-3-6-10-18/h1,3-12,20-21,23H,13-17H2. The van der Waals surface area contributed by atoms with E-state index in [1.807, 2.05) is 60.7 Å². The van der Waals surface area contributed by atoms with Gasteiger partial charge in [0.05, 0.1) is 25.9 Å². The van der Waals surface area contributed by atoms with Crippen molar-refractivity contribution in [1.29, 1.82) is 0 Å². The Balaban J connectivity index is 1.49. The molecule has 1 saturated heterocycles. The van der Waals surface area contributed by atoms with Gasteiger partial charge in [-0.05, 0) is 29.9 Å². The summed E-state index contributed by atoms with van der Waals surface area (Å²) >= 11 is 0. The first kappa shape index (κ1) is 18.6. The lowest BCUT2D eigenvalue weighted by Crippen LogP contribution is -2.52. The molecule has 0 spiro atoms. The number of hydrogen-bond acceptors (Lipinski definition) is 4. The van der Waals surface area contributed by atoms with Crippen molar-refractivity contribution in [2.45, 2.75) is 44.1 Å². The lowest BCUT2D eigenvalue weighted by molar-refractivity contribution is -0.283. The van der Waals surface area contributed by atoms with Crippen LogP contribution in [0.4, 0.5) is 0 Å². The van der Waals surface area contributed by atoms with E-state index in [1.54, 1.807) is 0 Å². The molecule has 3 unspecified atom stereocenters. The Hall–Kier alpha value is -2.16. The molecule has 4 heteroatoms. The average Bonchev–Trinajstić information content (AvgIpc) is 2.69. The summed E-state index contributed by atoms with van der Waals surface area (Å²) < 4.78 is 17.3. The monoisotopic (exact) mass is 352 g/mol. The van der Waals surface area contributed by atoms with Crippen LogP contribution in [0.5, 0.6) is 0 Å². The van der Waals surface area contributed by atoms with Crippen LogP contribution in [0.2, 0.25) is 0 Å². The molecule has 0 saturated carbocycles. The van der Waals surface area contributed by atoms with Gasteiger partial charge in [0.15, 0.2) is 0 Å². The van der Waals surface area contributed by atoms with Crippen LogP contribution >= 0.6 is 0 Å². The van der Waals surface area contributed by atoms with Crippen LogP contribution in [0.1, 0.15) is 24.0 Å². The Bertz CT molecular complexity index is 710. The zero-order valence-corrected chi connectivity index (χ0v) is 14.7. The molecule has 2 aromatic rings. The van der Waals surface area contributed by atoms with Crippen LogP contribution in [-0.4, -0.2) is 29.7 Å². The molecular weight excluding hydrogens is 328 g/mol. The van der Waals surface area contributed by atoms with Crippen LogP contribution in [0.25, 0.3) is 0 Å². The lowest BCUT2D eigenvalue weighted by Gasteiger charge is -2.39. The van der Waals surface area contributed by atoms with Gasteiger partial charge in [-0.3, -0.25) is 0 Å². The predicted octanol–water partition coefficient (Wildman–Crippen LogP) is 3.29. The van der Waals surface area contributed by atoms with Gasteiger partial charge >= 0.3 is 0 Å². The molecule has 0 amide bonds. The zero-order chi connectivity index (χ0) is 18.2. The maximum absolute atomic E-state index is 10.7. The number of terminal acetylenes is 1. The highest BCUT2D eigenvalue weighted by Crippen LogP contribution is 2.30. The largest absolute Gasteiger partial charge is 0.374 e. The van der Waals surface area contributed by atoms with Crippen LogP contribution in [0.15, 0.2) is 60.7 Å². The van der Waals surface area contributed by atoms with Gasteiger partial charge in [0, 0.05) is 0 Å². The number of hydrogen-bond donors (Lipinski definition) is 1. The minimum Gasteiger partial charge on any atom is -0.374 e. The Morgan fingerprint density at radius 3 is 2.23 bits per heavy atom. The molecule has 26 heavy (non-hydrogen) atoms. The van der Waals surface area contributed by atoms with Gasteiger partial charge in [-0.2, -0.15) is 0 Å². The highest BCUT2D eigenvalue weighted by atomic mass is 16.7. The van der Waals surface area contributed by atoms with E-state index < -0.39 is 11.9 Å². The van der Waals surface area contributed by atoms with Crippen LogP contribution < -0.4 is 0 Å². The van der Waals surface area contributed by atoms with Crippen molar-refractivity contribution >= 4 is 0 Å². The molecule has 2 aromatic carbocycles. The summed E-state index contributed by atoms with van der Waals surface area (Å²) in [5.41, 5.74) is 2.12. The van der Waals surface area contributed by atoms with Crippen LogP contribution in [-0.2, 0) is 27.4 Å². The summed E-state index contributed by atoms with van der Waals surface area (Å²) in [6, 6.07) is 19.7. The fraction of sp³-hybridized carbons (Fsp3) is 0.364. The fourth-order valence-electron chi connectivity index (χ4n) is 3.02. The molecule has 1 fully saturated rings. The zero-order valence-electron chi connectivity index (χ0n) is 14.7. The Labute approximate surface area is 154 Å². The van der Waals surface area contributed by atoms with Crippen molar-refractivity contribution in [2.24, 2.45) is 0 Å². The number of rotatable bonds is 7.